The van der Waals surface area contributed by atoms with Gasteiger partial charge in [0.1, 0.15) is 0 Å². The number of amides is 1. The van der Waals surface area contributed by atoms with E-state index in [4.69, 9.17) is 17.3 Å². The molecule has 0 unspecified atom stereocenters. The molecule has 0 spiro atoms. The lowest BCUT2D eigenvalue weighted by molar-refractivity contribution is 0.0810. The maximum absolute atomic E-state index is 11.8. The third-order valence-corrected chi connectivity index (χ3v) is 2.32. The van der Waals surface area contributed by atoms with Crippen molar-refractivity contribution in [3.63, 3.8) is 0 Å². The van der Waals surface area contributed by atoms with Crippen LogP contribution >= 0.6 is 11.6 Å². The van der Waals surface area contributed by atoms with Gasteiger partial charge < -0.3 is 10.6 Å². The first-order chi connectivity index (χ1) is 7.06. The average Bonchev–Trinajstić information content (AvgIpc) is 2.21. The highest BCUT2D eigenvalue weighted by atomic mass is 35.5. The predicted molar refractivity (Wildman–Crippen MR) is 63.0 cm³/mol. The van der Waals surface area contributed by atoms with Crippen molar-refractivity contribution in [1.29, 1.82) is 0 Å². The van der Waals surface area contributed by atoms with E-state index in [1.54, 1.807) is 36.2 Å². The van der Waals surface area contributed by atoms with E-state index >= 15 is 0 Å². The highest BCUT2D eigenvalue weighted by molar-refractivity contribution is 6.33. The minimum atomic E-state index is -0.100. The van der Waals surface area contributed by atoms with E-state index in [9.17, 15) is 4.79 Å². The first-order valence-corrected chi connectivity index (χ1v) is 4.85. The van der Waals surface area contributed by atoms with E-state index in [-0.39, 0.29) is 5.91 Å². The lowest BCUT2D eigenvalue weighted by Crippen LogP contribution is -2.26. The summed E-state index contributed by atoms with van der Waals surface area (Å²) in [4.78, 5) is 13.3. The number of nitrogens with zero attached hydrogens (tertiary/aromatic N) is 1. The Balaban J connectivity index is 2.91. The second kappa shape index (κ2) is 4.84. The Morgan fingerprint density at radius 2 is 2.33 bits per heavy atom. The van der Waals surface area contributed by atoms with Gasteiger partial charge in [-0.1, -0.05) is 17.7 Å². The van der Waals surface area contributed by atoms with E-state index in [0.717, 1.165) is 0 Å². The molecule has 2 N–H and O–H groups in total. The quantitative estimate of drug-likeness (QED) is 0.632. The summed E-state index contributed by atoms with van der Waals surface area (Å²) in [5.41, 5.74) is 6.55. The van der Waals surface area contributed by atoms with Gasteiger partial charge in [0.05, 0.1) is 10.7 Å². The van der Waals surface area contributed by atoms with E-state index in [0.29, 0.717) is 22.8 Å². The van der Waals surface area contributed by atoms with Crippen molar-refractivity contribution in [2.75, 3.05) is 19.3 Å². The first kappa shape index (κ1) is 11.6. The summed E-state index contributed by atoms with van der Waals surface area (Å²) >= 11 is 5.82. The van der Waals surface area contributed by atoms with Crippen molar-refractivity contribution in [3.8, 4) is 0 Å². The van der Waals surface area contributed by atoms with Gasteiger partial charge in [-0.3, -0.25) is 4.79 Å². The predicted octanol–water partition coefficient (Wildman–Crippen LogP) is 2.18. The van der Waals surface area contributed by atoms with Gasteiger partial charge in [-0.25, -0.2) is 0 Å². The molecule has 0 aromatic heterocycles. The molecule has 3 nitrogen and oxygen atoms in total. The second-order valence-electron chi connectivity index (χ2n) is 3.21. The molecule has 1 rings (SSSR count). The van der Waals surface area contributed by atoms with Crippen LogP contribution < -0.4 is 5.73 Å². The first-order valence-electron chi connectivity index (χ1n) is 4.47. The Hall–Kier alpha value is -1.48. The smallest absolute Gasteiger partial charge is 0.253 e. The maximum Gasteiger partial charge on any atom is 0.253 e. The number of hydrogen-bond donors (Lipinski definition) is 1. The minimum absolute atomic E-state index is 0.100. The van der Waals surface area contributed by atoms with Crippen LogP contribution in [0.2, 0.25) is 5.02 Å². The molecule has 0 atom stereocenters. The standard InChI is InChI=1S/C11H13ClN2O/c1-3-6-14(2)11(15)8-4-5-10(13)9(12)7-8/h3-5,7H,1,6,13H2,2H3. The Bertz CT molecular complexity index is 390. The van der Waals surface area contributed by atoms with Crippen LogP contribution in [0.15, 0.2) is 30.9 Å². The molecule has 15 heavy (non-hydrogen) atoms. The number of anilines is 1. The Labute approximate surface area is 94.1 Å². The van der Waals surface area contributed by atoms with Gasteiger partial charge >= 0.3 is 0 Å². The summed E-state index contributed by atoms with van der Waals surface area (Å²) in [5, 5.41) is 0.396. The molecule has 1 aromatic carbocycles. The third kappa shape index (κ3) is 2.73. The molecule has 0 bridgehead atoms. The Morgan fingerprint density at radius 1 is 1.67 bits per heavy atom. The van der Waals surface area contributed by atoms with E-state index in [1.165, 1.54) is 0 Å². The molecule has 0 radical (unpaired) electrons. The summed E-state index contributed by atoms with van der Waals surface area (Å²) in [6.45, 7) is 4.07. The molecule has 0 saturated heterocycles. The molecule has 0 saturated carbocycles. The average molecular weight is 225 g/mol. The molecule has 1 aromatic rings. The van der Waals surface area contributed by atoms with Crippen LogP contribution in [0.5, 0.6) is 0 Å². The molecule has 80 valence electrons. The normalized spacial score (nSPS) is 9.73. The fraction of sp³-hybridized carbons (Fsp3) is 0.182. The molecule has 0 fully saturated rings. The van der Waals surface area contributed by atoms with Crippen LogP contribution in [0.1, 0.15) is 10.4 Å². The van der Waals surface area contributed by atoms with Crippen LogP contribution in [0.25, 0.3) is 0 Å². The van der Waals surface area contributed by atoms with Gasteiger partial charge in [0.2, 0.25) is 0 Å². The zero-order valence-corrected chi connectivity index (χ0v) is 9.29. The van der Waals surface area contributed by atoms with Gasteiger partial charge in [-0.2, -0.15) is 0 Å². The van der Waals surface area contributed by atoms with E-state index < -0.39 is 0 Å². The monoisotopic (exact) mass is 224 g/mol. The number of carbonyl (C=O) groups is 1. The number of hydrogen-bond acceptors (Lipinski definition) is 2. The molecule has 0 aliphatic heterocycles. The number of nitrogens with two attached hydrogens (primary N) is 1. The van der Waals surface area contributed by atoms with Crippen molar-refractivity contribution in [3.05, 3.63) is 41.4 Å². The van der Waals surface area contributed by atoms with Crippen LogP contribution in [0.4, 0.5) is 5.69 Å². The summed E-state index contributed by atoms with van der Waals surface area (Å²) in [7, 11) is 1.70. The minimum Gasteiger partial charge on any atom is -0.398 e. The topological polar surface area (TPSA) is 46.3 Å². The van der Waals surface area contributed by atoms with Crippen LogP contribution in [-0.4, -0.2) is 24.4 Å². The second-order valence-corrected chi connectivity index (χ2v) is 3.62. The molecule has 0 heterocycles. The highest BCUT2D eigenvalue weighted by Gasteiger charge is 2.11. The summed E-state index contributed by atoms with van der Waals surface area (Å²) in [6.07, 6.45) is 1.66. The zero-order valence-electron chi connectivity index (χ0n) is 8.53. The lowest BCUT2D eigenvalue weighted by atomic mass is 10.2. The number of rotatable bonds is 3. The molecule has 4 heteroatoms. The van der Waals surface area contributed by atoms with Gasteiger partial charge in [-0.05, 0) is 18.2 Å². The third-order valence-electron chi connectivity index (χ3n) is 2.00. The van der Waals surface area contributed by atoms with Crippen molar-refractivity contribution >= 4 is 23.2 Å². The van der Waals surface area contributed by atoms with Crippen molar-refractivity contribution in [2.24, 2.45) is 0 Å². The molecule has 1 amide bonds. The number of halogens is 1. The number of likely N-dealkylation sites (N-methyl/N-ethyl adjacent to an activating group) is 1. The Kier molecular flexibility index (Phi) is 3.74. The largest absolute Gasteiger partial charge is 0.398 e. The molecule has 0 aliphatic carbocycles. The lowest BCUT2D eigenvalue weighted by Gasteiger charge is -2.15. The van der Waals surface area contributed by atoms with Crippen LogP contribution in [0, 0.1) is 0 Å². The van der Waals surface area contributed by atoms with Crippen LogP contribution in [0.3, 0.4) is 0 Å². The summed E-state index contributed by atoms with van der Waals surface area (Å²) in [5.74, 6) is -0.100. The van der Waals surface area contributed by atoms with Gasteiger partial charge in [-0.15, -0.1) is 6.58 Å². The molecular weight excluding hydrogens is 212 g/mol. The van der Waals surface area contributed by atoms with Gasteiger partial charge in [0, 0.05) is 19.2 Å². The van der Waals surface area contributed by atoms with Gasteiger partial charge in [0.25, 0.3) is 5.91 Å². The number of carbonyl (C=O) groups excluding carboxylic acids is 1. The number of nitrogen functional groups attached to an aromatic ring is 1. The van der Waals surface area contributed by atoms with Crippen molar-refractivity contribution in [2.45, 2.75) is 0 Å². The van der Waals surface area contributed by atoms with E-state index in [2.05, 4.69) is 6.58 Å². The summed E-state index contributed by atoms with van der Waals surface area (Å²) < 4.78 is 0. The fourth-order valence-electron chi connectivity index (χ4n) is 1.16. The molecular formula is C11H13ClN2O. The SMILES string of the molecule is C=CCN(C)C(=O)c1ccc(N)c(Cl)c1. The Morgan fingerprint density at radius 3 is 2.87 bits per heavy atom. The van der Waals surface area contributed by atoms with Crippen molar-refractivity contribution < 1.29 is 4.79 Å². The zero-order chi connectivity index (χ0) is 11.4. The maximum atomic E-state index is 11.8. The number of benzene rings is 1. The van der Waals surface area contributed by atoms with Crippen molar-refractivity contribution in [1.82, 2.24) is 4.90 Å². The van der Waals surface area contributed by atoms with Gasteiger partial charge in [0.15, 0.2) is 0 Å². The van der Waals surface area contributed by atoms with E-state index in [1.807, 2.05) is 0 Å². The molecule has 0 aliphatic rings. The summed E-state index contributed by atoms with van der Waals surface area (Å²) in [6, 6.07) is 4.85. The highest BCUT2D eigenvalue weighted by Crippen LogP contribution is 2.20. The fourth-order valence-corrected chi connectivity index (χ4v) is 1.34. The van der Waals surface area contributed by atoms with Crippen LogP contribution in [-0.2, 0) is 0 Å².